The normalized spacial score (nSPS) is 17.6. The van der Waals surface area contributed by atoms with Crippen molar-refractivity contribution < 1.29 is 0 Å². The molecule has 1 aliphatic carbocycles. The van der Waals surface area contributed by atoms with Crippen LogP contribution in [0.5, 0.6) is 0 Å². The fraction of sp³-hybridized carbons (Fsp3) is 0.800. The van der Waals surface area contributed by atoms with Gasteiger partial charge in [0.05, 0.1) is 12.2 Å². The first-order chi connectivity index (χ1) is 8.51. The minimum atomic E-state index is 0.167. The van der Waals surface area contributed by atoms with E-state index in [9.17, 15) is 0 Å². The molecule has 3 heteroatoms. The Morgan fingerprint density at radius 3 is 2.56 bits per heavy atom. The van der Waals surface area contributed by atoms with Crippen molar-refractivity contribution in [2.45, 2.75) is 77.9 Å². The van der Waals surface area contributed by atoms with Crippen LogP contribution >= 0.6 is 0 Å². The first-order valence-electron chi connectivity index (χ1n) is 7.31. The Balaban J connectivity index is 2.11. The van der Waals surface area contributed by atoms with Crippen LogP contribution in [0.4, 0.5) is 0 Å². The van der Waals surface area contributed by atoms with Crippen LogP contribution in [0.25, 0.3) is 0 Å². The molecule has 3 nitrogen and oxygen atoms in total. The van der Waals surface area contributed by atoms with Crippen LogP contribution in [0.15, 0.2) is 6.20 Å². The van der Waals surface area contributed by atoms with Crippen molar-refractivity contribution in [3.8, 4) is 0 Å². The lowest BCUT2D eigenvalue weighted by Crippen LogP contribution is -2.35. The van der Waals surface area contributed by atoms with E-state index in [1.165, 1.54) is 36.9 Å². The highest BCUT2D eigenvalue weighted by Crippen LogP contribution is 2.30. The maximum Gasteiger partial charge on any atom is 0.0537 e. The lowest BCUT2D eigenvalue weighted by atomic mass is 10.1. The molecule has 0 aromatic carbocycles. The molecule has 1 N–H and O–H groups in total. The molecule has 0 atom stereocenters. The van der Waals surface area contributed by atoms with Crippen LogP contribution < -0.4 is 5.32 Å². The third-order valence-corrected chi connectivity index (χ3v) is 3.80. The molecule has 102 valence electrons. The van der Waals surface area contributed by atoms with Gasteiger partial charge in [-0.1, -0.05) is 19.8 Å². The Hall–Kier alpha value is -0.830. The maximum absolute atomic E-state index is 4.65. The van der Waals surface area contributed by atoms with Crippen LogP contribution in [0.3, 0.4) is 0 Å². The van der Waals surface area contributed by atoms with E-state index >= 15 is 0 Å². The van der Waals surface area contributed by atoms with Crippen LogP contribution in [-0.4, -0.2) is 15.3 Å². The van der Waals surface area contributed by atoms with E-state index in [2.05, 4.69) is 49.0 Å². The first kappa shape index (κ1) is 13.6. The summed E-state index contributed by atoms with van der Waals surface area (Å²) < 4.78 is 2.30. The summed E-state index contributed by atoms with van der Waals surface area (Å²) in [5.41, 5.74) is 2.97. The first-order valence-corrected chi connectivity index (χ1v) is 7.31. The Morgan fingerprint density at radius 1 is 1.33 bits per heavy atom. The lowest BCUT2D eigenvalue weighted by Gasteiger charge is -2.21. The number of rotatable bonds is 4. The molecule has 1 aliphatic rings. The zero-order chi connectivity index (χ0) is 13.2. The van der Waals surface area contributed by atoms with E-state index in [0.29, 0.717) is 6.04 Å². The molecule has 0 amide bonds. The number of aromatic nitrogens is 2. The van der Waals surface area contributed by atoms with Crippen LogP contribution in [0.1, 0.15) is 70.7 Å². The summed E-state index contributed by atoms with van der Waals surface area (Å²) in [4.78, 5) is 0. The molecule has 1 saturated carbocycles. The third kappa shape index (κ3) is 3.14. The summed E-state index contributed by atoms with van der Waals surface area (Å²) in [6.07, 6.45) is 8.49. The second kappa shape index (κ2) is 5.43. The standard InChI is InChI=1S/C15H27N3/c1-5-14-12(10-16-15(2,3)4)11-17-18(14)13-8-6-7-9-13/h11,13,16H,5-10H2,1-4H3. The van der Waals surface area contributed by atoms with Gasteiger partial charge in [-0.05, 0) is 40.0 Å². The second-order valence-corrected chi connectivity index (χ2v) is 6.46. The summed E-state index contributed by atoms with van der Waals surface area (Å²) in [7, 11) is 0. The van der Waals surface area contributed by atoms with Crippen molar-refractivity contribution in [2.24, 2.45) is 0 Å². The minimum Gasteiger partial charge on any atom is -0.308 e. The van der Waals surface area contributed by atoms with Crippen LogP contribution in [-0.2, 0) is 13.0 Å². The Morgan fingerprint density at radius 2 is 2.00 bits per heavy atom. The molecule has 0 saturated heterocycles. The molecule has 1 fully saturated rings. The van der Waals surface area contributed by atoms with Gasteiger partial charge in [0, 0.05) is 23.3 Å². The maximum atomic E-state index is 4.65. The molecule has 2 rings (SSSR count). The van der Waals surface area contributed by atoms with Gasteiger partial charge in [-0.25, -0.2) is 0 Å². The molecule has 0 radical (unpaired) electrons. The highest BCUT2D eigenvalue weighted by Gasteiger charge is 2.21. The summed E-state index contributed by atoms with van der Waals surface area (Å²) >= 11 is 0. The molecule has 18 heavy (non-hydrogen) atoms. The van der Waals surface area contributed by atoms with Gasteiger partial charge < -0.3 is 5.32 Å². The summed E-state index contributed by atoms with van der Waals surface area (Å²) in [6, 6.07) is 0.656. The van der Waals surface area contributed by atoms with Gasteiger partial charge in [-0.15, -0.1) is 0 Å². The van der Waals surface area contributed by atoms with E-state index in [0.717, 1.165) is 13.0 Å². The van der Waals surface area contributed by atoms with Crippen LogP contribution in [0, 0.1) is 0 Å². The Bertz CT molecular complexity index is 381. The van der Waals surface area contributed by atoms with E-state index in [1.54, 1.807) is 0 Å². The summed E-state index contributed by atoms with van der Waals surface area (Å²) in [5, 5.41) is 8.21. The zero-order valence-corrected chi connectivity index (χ0v) is 12.3. The van der Waals surface area contributed by atoms with Gasteiger partial charge in [0.1, 0.15) is 0 Å². The average Bonchev–Trinajstić information content (AvgIpc) is 2.93. The number of hydrogen-bond acceptors (Lipinski definition) is 2. The fourth-order valence-corrected chi connectivity index (χ4v) is 2.78. The molecule has 0 spiro atoms. The average molecular weight is 249 g/mol. The number of nitrogens with zero attached hydrogens (tertiary/aromatic N) is 2. The van der Waals surface area contributed by atoms with Gasteiger partial charge in [-0.2, -0.15) is 5.10 Å². The second-order valence-electron chi connectivity index (χ2n) is 6.46. The van der Waals surface area contributed by atoms with Gasteiger partial charge in [-0.3, -0.25) is 4.68 Å². The fourth-order valence-electron chi connectivity index (χ4n) is 2.78. The largest absolute Gasteiger partial charge is 0.308 e. The number of nitrogens with one attached hydrogen (secondary N) is 1. The molecular weight excluding hydrogens is 222 g/mol. The molecule has 1 aromatic heterocycles. The van der Waals surface area contributed by atoms with Crippen molar-refractivity contribution in [1.82, 2.24) is 15.1 Å². The van der Waals surface area contributed by atoms with Gasteiger partial charge >= 0.3 is 0 Å². The van der Waals surface area contributed by atoms with Crippen molar-refractivity contribution in [2.75, 3.05) is 0 Å². The molecule has 0 aliphatic heterocycles. The Kier molecular flexibility index (Phi) is 4.10. The highest BCUT2D eigenvalue weighted by atomic mass is 15.3. The van der Waals surface area contributed by atoms with Gasteiger partial charge in [0.25, 0.3) is 0 Å². The van der Waals surface area contributed by atoms with E-state index in [1.807, 2.05) is 0 Å². The van der Waals surface area contributed by atoms with Gasteiger partial charge in [0.15, 0.2) is 0 Å². The van der Waals surface area contributed by atoms with Crippen molar-refractivity contribution in [3.63, 3.8) is 0 Å². The topological polar surface area (TPSA) is 29.9 Å². The smallest absolute Gasteiger partial charge is 0.0537 e. The molecule has 0 bridgehead atoms. The molecule has 1 heterocycles. The highest BCUT2D eigenvalue weighted by molar-refractivity contribution is 5.19. The monoisotopic (exact) mass is 249 g/mol. The zero-order valence-electron chi connectivity index (χ0n) is 12.3. The van der Waals surface area contributed by atoms with Crippen LogP contribution in [0.2, 0.25) is 0 Å². The SMILES string of the molecule is CCc1c(CNC(C)(C)C)cnn1C1CCCC1. The van der Waals surface area contributed by atoms with E-state index in [4.69, 9.17) is 0 Å². The Labute approximate surface area is 111 Å². The lowest BCUT2D eigenvalue weighted by molar-refractivity contribution is 0.420. The van der Waals surface area contributed by atoms with Crippen molar-refractivity contribution >= 4 is 0 Å². The quantitative estimate of drug-likeness (QED) is 0.885. The molecule has 0 unspecified atom stereocenters. The summed E-state index contributed by atoms with van der Waals surface area (Å²) in [6.45, 7) is 9.79. The predicted molar refractivity (Wildman–Crippen MR) is 75.7 cm³/mol. The number of hydrogen-bond donors (Lipinski definition) is 1. The van der Waals surface area contributed by atoms with E-state index in [-0.39, 0.29) is 5.54 Å². The molecular formula is C15H27N3. The van der Waals surface area contributed by atoms with Gasteiger partial charge in [0.2, 0.25) is 0 Å². The van der Waals surface area contributed by atoms with E-state index < -0.39 is 0 Å². The third-order valence-electron chi connectivity index (χ3n) is 3.80. The van der Waals surface area contributed by atoms with Crippen molar-refractivity contribution in [1.29, 1.82) is 0 Å². The summed E-state index contributed by atoms with van der Waals surface area (Å²) in [5.74, 6) is 0. The molecule has 1 aromatic rings. The predicted octanol–water partition coefficient (Wildman–Crippen LogP) is 3.45. The minimum absolute atomic E-state index is 0.167. The van der Waals surface area contributed by atoms with Crippen molar-refractivity contribution in [3.05, 3.63) is 17.5 Å².